The highest BCUT2D eigenvalue weighted by molar-refractivity contribution is 6.33. The van der Waals surface area contributed by atoms with Crippen molar-refractivity contribution in [3.63, 3.8) is 0 Å². The van der Waals surface area contributed by atoms with Crippen LogP contribution >= 0.6 is 11.6 Å². The number of methoxy groups -OCH3 is 1. The molecule has 0 spiro atoms. The van der Waals surface area contributed by atoms with Crippen LogP contribution in [0.4, 0.5) is 0 Å². The van der Waals surface area contributed by atoms with Gasteiger partial charge in [-0.2, -0.15) is 0 Å². The lowest BCUT2D eigenvalue weighted by atomic mass is 10.2. The molecule has 0 unspecified atom stereocenters. The Kier molecular flexibility index (Phi) is 2.87. The SMILES string of the molecule is COC(=O)c1ccc(-n2cnnc2)cc1Cl. The van der Waals surface area contributed by atoms with E-state index in [0.29, 0.717) is 10.6 Å². The fourth-order valence-electron chi connectivity index (χ4n) is 1.27. The van der Waals surface area contributed by atoms with Gasteiger partial charge in [0, 0.05) is 5.69 Å². The predicted molar refractivity (Wildman–Crippen MR) is 57.7 cm³/mol. The molecule has 0 bridgehead atoms. The molecule has 2 rings (SSSR count). The Morgan fingerprint density at radius 3 is 2.62 bits per heavy atom. The fourth-order valence-corrected chi connectivity index (χ4v) is 1.53. The third-order valence-electron chi connectivity index (χ3n) is 2.07. The number of ether oxygens (including phenoxy) is 1. The number of carbonyl (C=O) groups is 1. The Morgan fingerprint density at radius 2 is 2.06 bits per heavy atom. The molecule has 2 aromatic rings. The van der Waals surface area contributed by atoms with E-state index >= 15 is 0 Å². The lowest BCUT2D eigenvalue weighted by molar-refractivity contribution is 0.0601. The van der Waals surface area contributed by atoms with E-state index in [1.807, 2.05) is 0 Å². The summed E-state index contributed by atoms with van der Waals surface area (Å²) in [6.45, 7) is 0. The molecule has 5 nitrogen and oxygen atoms in total. The number of halogens is 1. The molecule has 6 heteroatoms. The van der Waals surface area contributed by atoms with Crippen LogP contribution in [0, 0.1) is 0 Å². The van der Waals surface area contributed by atoms with E-state index in [1.165, 1.54) is 7.11 Å². The monoisotopic (exact) mass is 237 g/mol. The molecule has 0 fully saturated rings. The molecule has 0 amide bonds. The van der Waals surface area contributed by atoms with Gasteiger partial charge >= 0.3 is 5.97 Å². The van der Waals surface area contributed by atoms with Crippen molar-refractivity contribution >= 4 is 17.6 Å². The van der Waals surface area contributed by atoms with Crippen LogP contribution in [0.2, 0.25) is 5.02 Å². The summed E-state index contributed by atoms with van der Waals surface area (Å²) >= 11 is 5.96. The number of nitrogens with zero attached hydrogens (tertiary/aromatic N) is 3. The van der Waals surface area contributed by atoms with Gasteiger partial charge in [0.2, 0.25) is 0 Å². The summed E-state index contributed by atoms with van der Waals surface area (Å²) in [5.74, 6) is -0.458. The van der Waals surface area contributed by atoms with Crippen LogP contribution in [0.25, 0.3) is 5.69 Å². The molecule has 0 saturated carbocycles. The molecule has 1 heterocycles. The van der Waals surface area contributed by atoms with Crippen molar-refractivity contribution in [3.8, 4) is 5.69 Å². The standard InChI is InChI=1S/C10H8ClN3O2/c1-16-10(15)8-3-2-7(4-9(8)11)14-5-12-13-6-14/h2-6H,1H3. The zero-order valence-corrected chi connectivity index (χ0v) is 9.18. The summed E-state index contributed by atoms with van der Waals surface area (Å²) in [5, 5.41) is 7.69. The molecule has 0 atom stereocenters. The van der Waals surface area contributed by atoms with Gasteiger partial charge in [0.05, 0.1) is 17.7 Å². The zero-order valence-electron chi connectivity index (χ0n) is 8.42. The number of hydrogen-bond acceptors (Lipinski definition) is 4. The van der Waals surface area contributed by atoms with Gasteiger partial charge in [-0.3, -0.25) is 4.57 Å². The maximum absolute atomic E-state index is 11.3. The normalized spacial score (nSPS) is 10.1. The van der Waals surface area contributed by atoms with Crippen LogP contribution in [0.15, 0.2) is 30.9 Å². The maximum atomic E-state index is 11.3. The van der Waals surface area contributed by atoms with E-state index in [1.54, 1.807) is 35.4 Å². The fraction of sp³-hybridized carbons (Fsp3) is 0.100. The highest BCUT2D eigenvalue weighted by atomic mass is 35.5. The second kappa shape index (κ2) is 4.32. The van der Waals surface area contributed by atoms with Gasteiger partial charge in [0.25, 0.3) is 0 Å². The summed E-state index contributed by atoms with van der Waals surface area (Å²) < 4.78 is 6.28. The molecule has 0 radical (unpaired) electrons. The van der Waals surface area contributed by atoms with Crippen LogP contribution in [-0.2, 0) is 4.74 Å². The highest BCUT2D eigenvalue weighted by Gasteiger charge is 2.11. The number of carbonyl (C=O) groups excluding carboxylic acids is 1. The molecule has 0 aliphatic carbocycles. The Balaban J connectivity index is 2.41. The Morgan fingerprint density at radius 1 is 1.38 bits per heavy atom. The van der Waals surface area contributed by atoms with Gasteiger partial charge in [0.15, 0.2) is 0 Å². The summed E-state index contributed by atoms with van der Waals surface area (Å²) in [4.78, 5) is 11.3. The van der Waals surface area contributed by atoms with Crippen LogP contribution in [0.5, 0.6) is 0 Å². The summed E-state index contributed by atoms with van der Waals surface area (Å²) in [5.41, 5.74) is 1.11. The van der Waals surface area contributed by atoms with Gasteiger partial charge in [0.1, 0.15) is 12.7 Å². The first-order valence-electron chi connectivity index (χ1n) is 4.45. The predicted octanol–water partition coefficient (Wildman–Crippen LogP) is 1.71. The van der Waals surface area contributed by atoms with Gasteiger partial charge in [-0.1, -0.05) is 11.6 Å². The average Bonchev–Trinajstić information content (AvgIpc) is 2.81. The molecular formula is C10H8ClN3O2. The molecule has 1 aromatic heterocycles. The van der Waals surface area contributed by atoms with E-state index in [-0.39, 0.29) is 0 Å². The van der Waals surface area contributed by atoms with Crippen molar-refractivity contribution in [2.45, 2.75) is 0 Å². The van der Waals surface area contributed by atoms with Crippen LogP contribution < -0.4 is 0 Å². The van der Waals surface area contributed by atoms with Gasteiger partial charge in [-0.25, -0.2) is 4.79 Å². The van der Waals surface area contributed by atoms with Gasteiger partial charge < -0.3 is 4.74 Å². The number of esters is 1. The van der Waals surface area contributed by atoms with E-state index in [9.17, 15) is 4.79 Å². The first-order chi connectivity index (χ1) is 7.72. The first kappa shape index (κ1) is 10.6. The molecular weight excluding hydrogens is 230 g/mol. The zero-order chi connectivity index (χ0) is 11.5. The summed E-state index contributed by atoms with van der Waals surface area (Å²) in [7, 11) is 1.31. The molecule has 0 saturated heterocycles. The van der Waals surface area contributed by atoms with Crippen molar-refractivity contribution in [1.29, 1.82) is 0 Å². The van der Waals surface area contributed by atoms with E-state index in [2.05, 4.69) is 14.9 Å². The number of aromatic nitrogens is 3. The van der Waals surface area contributed by atoms with E-state index < -0.39 is 5.97 Å². The van der Waals surface area contributed by atoms with Crippen molar-refractivity contribution in [3.05, 3.63) is 41.4 Å². The summed E-state index contributed by atoms with van der Waals surface area (Å²) in [6, 6.07) is 4.99. The molecule has 16 heavy (non-hydrogen) atoms. The van der Waals surface area contributed by atoms with Gasteiger partial charge in [-0.15, -0.1) is 10.2 Å². The maximum Gasteiger partial charge on any atom is 0.339 e. The quantitative estimate of drug-likeness (QED) is 0.746. The van der Waals surface area contributed by atoms with Crippen molar-refractivity contribution < 1.29 is 9.53 Å². The molecule has 0 aliphatic heterocycles. The third-order valence-corrected chi connectivity index (χ3v) is 2.39. The van der Waals surface area contributed by atoms with Crippen LogP contribution in [-0.4, -0.2) is 27.8 Å². The summed E-state index contributed by atoms with van der Waals surface area (Å²) in [6.07, 6.45) is 3.09. The van der Waals surface area contributed by atoms with Crippen molar-refractivity contribution in [2.75, 3.05) is 7.11 Å². The molecule has 0 aliphatic rings. The minimum atomic E-state index is -0.458. The number of rotatable bonds is 2. The Hall–Kier alpha value is -1.88. The second-order valence-electron chi connectivity index (χ2n) is 3.02. The molecule has 82 valence electrons. The molecule has 1 aromatic carbocycles. The average molecular weight is 238 g/mol. The minimum Gasteiger partial charge on any atom is -0.465 e. The first-order valence-corrected chi connectivity index (χ1v) is 4.83. The minimum absolute atomic E-state index is 0.332. The van der Waals surface area contributed by atoms with E-state index in [0.717, 1.165) is 5.69 Å². The van der Waals surface area contributed by atoms with Crippen molar-refractivity contribution in [1.82, 2.24) is 14.8 Å². The Bertz CT molecular complexity index is 511. The third kappa shape index (κ3) is 1.90. The smallest absolute Gasteiger partial charge is 0.339 e. The number of benzene rings is 1. The van der Waals surface area contributed by atoms with Crippen LogP contribution in [0.3, 0.4) is 0 Å². The number of hydrogen-bond donors (Lipinski definition) is 0. The van der Waals surface area contributed by atoms with Crippen LogP contribution in [0.1, 0.15) is 10.4 Å². The second-order valence-corrected chi connectivity index (χ2v) is 3.43. The topological polar surface area (TPSA) is 57.0 Å². The van der Waals surface area contributed by atoms with Gasteiger partial charge in [-0.05, 0) is 18.2 Å². The Labute approximate surface area is 96.6 Å². The lowest BCUT2D eigenvalue weighted by Gasteiger charge is -2.05. The van der Waals surface area contributed by atoms with E-state index in [4.69, 9.17) is 11.6 Å². The van der Waals surface area contributed by atoms with Crippen molar-refractivity contribution in [2.24, 2.45) is 0 Å². The largest absolute Gasteiger partial charge is 0.465 e. The molecule has 0 N–H and O–H groups in total. The lowest BCUT2D eigenvalue weighted by Crippen LogP contribution is -2.02. The highest BCUT2D eigenvalue weighted by Crippen LogP contribution is 2.20.